The van der Waals surface area contributed by atoms with E-state index in [1.807, 2.05) is 0 Å². The highest BCUT2D eigenvalue weighted by atomic mass is 32.2. The van der Waals surface area contributed by atoms with Crippen LogP contribution in [0.1, 0.15) is 33.6 Å². The molecule has 0 aromatic heterocycles. The van der Waals surface area contributed by atoms with E-state index in [0.29, 0.717) is 17.9 Å². The minimum Gasteiger partial charge on any atom is -0.391 e. The predicted molar refractivity (Wildman–Crippen MR) is 147 cm³/mol. The molecule has 2 rings (SSSR count). The fraction of sp³-hybridized carbons (Fsp3) is 0.920. The topological polar surface area (TPSA) is 116 Å². The summed E-state index contributed by atoms with van der Waals surface area (Å²) in [4.78, 5) is 27.6. The first kappa shape index (κ1) is 33.6. The minimum atomic E-state index is -1.35. The number of ether oxygens (including phenoxy) is 6. The molecule has 0 saturated carbocycles. The number of aliphatic hydroxyl groups is 1. The lowest BCUT2D eigenvalue weighted by Gasteiger charge is -2.40. The van der Waals surface area contributed by atoms with Crippen molar-refractivity contribution in [1.82, 2.24) is 9.80 Å². The molecule has 2 heterocycles. The number of aliphatic hydroxyl groups excluding tert-OH is 1. The zero-order valence-electron chi connectivity index (χ0n) is 23.8. The highest BCUT2D eigenvalue weighted by Gasteiger charge is 2.44. The molecule has 1 atom stereocenters. The van der Waals surface area contributed by atoms with Crippen LogP contribution in [-0.4, -0.2) is 141 Å². The summed E-state index contributed by atoms with van der Waals surface area (Å²) in [6.45, 7) is 6.01. The van der Waals surface area contributed by atoms with Crippen LogP contribution in [0.3, 0.4) is 0 Å². The van der Waals surface area contributed by atoms with Gasteiger partial charge in [0, 0.05) is 46.1 Å². The van der Waals surface area contributed by atoms with Crippen LogP contribution in [0, 0.1) is 0 Å². The van der Waals surface area contributed by atoms with Gasteiger partial charge >= 0.3 is 0 Å². The van der Waals surface area contributed by atoms with Crippen molar-refractivity contribution in [2.24, 2.45) is 0 Å². The normalized spacial score (nSPS) is 29.5. The summed E-state index contributed by atoms with van der Waals surface area (Å²) in [7, 11) is 6.59. The maximum Gasteiger partial charge on any atom is 0.282 e. The van der Waals surface area contributed by atoms with E-state index >= 15 is 0 Å². The lowest BCUT2D eigenvalue weighted by Crippen LogP contribution is -2.55. The number of carbonyl (C=O) groups excluding carboxylic acids is 2. The van der Waals surface area contributed by atoms with Crippen molar-refractivity contribution in [1.29, 1.82) is 0 Å². The Hall–Kier alpha value is -0.640. The van der Waals surface area contributed by atoms with E-state index in [2.05, 4.69) is 6.92 Å². The van der Waals surface area contributed by atoms with Gasteiger partial charge in [0.05, 0.1) is 32.5 Å². The second-order valence-electron chi connectivity index (χ2n) is 10.1. The first-order valence-corrected chi connectivity index (χ1v) is 15.3. The minimum absolute atomic E-state index is 0.170. The quantitative estimate of drug-likeness (QED) is 0.223. The van der Waals surface area contributed by atoms with Crippen LogP contribution in [0.5, 0.6) is 0 Å². The summed E-state index contributed by atoms with van der Waals surface area (Å²) in [5.74, 6) is -0.154. The van der Waals surface area contributed by atoms with Gasteiger partial charge < -0.3 is 43.3 Å². The maximum absolute atomic E-state index is 12.4. The first-order chi connectivity index (χ1) is 17.9. The monoisotopic (exact) mass is 582 g/mol. The zero-order chi connectivity index (χ0) is 28.3. The Labute approximate surface area is 235 Å². The molecule has 11 nitrogen and oxygen atoms in total. The van der Waals surface area contributed by atoms with Crippen molar-refractivity contribution in [3.8, 4) is 0 Å². The van der Waals surface area contributed by atoms with Gasteiger partial charge in [-0.15, -0.1) is 0 Å². The molecule has 2 amide bonds. The summed E-state index contributed by atoms with van der Waals surface area (Å²) >= 11 is 3.39. The van der Waals surface area contributed by atoms with Crippen LogP contribution in [0.4, 0.5) is 0 Å². The fourth-order valence-corrected chi connectivity index (χ4v) is 5.72. The molecule has 13 heteroatoms. The Kier molecular flexibility index (Phi) is 14.1. The number of likely N-dealkylation sites (N-methyl/N-ethyl adjacent to an activating group) is 2. The Morgan fingerprint density at radius 1 is 0.842 bits per heavy atom. The van der Waals surface area contributed by atoms with Crippen molar-refractivity contribution >= 4 is 35.3 Å². The molecule has 0 aromatic carbocycles. The predicted octanol–water partition coefficient (Wildman–Crippen LogP) is 1.41. The lowest BCUT2D eigenvalue weighted by atomic mass is 10.2. The number of hydrogen-bond donors (Lipinski definition) is 1. The number of nitrogens with zero attached hydrogens (tertiary/aromatic N) is 2. The molecule has 2 aliphatic rings. The number of thioether (sulfide) groups is 2. The lowest BCUT2D eigenvalue weighted by molar-refractivity contribution is -0.322. The maximum atomic E-state index is 12.4. The van der Waals surface area contributed by atoms with Crippen molar-refractivity contribution in [2.75, 3.05) is 77.6 Å². The van der Waals surface area contributed by atoms with Crippen LogP contribution >= 0.6 is 23.5 Å². The smallest absolute Gasteiger partial charge is 0.282 e. The SMILES string of the molecule is CCCSCC(O)CSCCC(OC1COC(C)(C(=O)N(C)C)OC1)OC1COC(C)(C(=O)N(C)C)OC1. The Balaban J connectivity index is 1.90. The van der Waals surface area contributed by atoms with Crippen LogP contribution in [-0.2, 0) is 38.0 Å². The van der Waals surface area contributed by atoms with E-state index in [1.54, 1.807) is 65.6 Å². The van der Waals surface area contributed by atoms with Crippen molar-refractivity contribution in [3.05, 3.63) is 0 Å². The summed E-state index contributed by atoms with van der Waals surface area (Å²) in [5.41, 5.74) is 0. The second-order valence-corrected chi connectivity index (χ2v) is 12.4. The zero-order valence-corrected chi connectivity index (χ0v) is 25.4. The summed E-state index contributed by atoms with van der Waals surface area (Å²) in [5, 5.41) is 10.2. The molecule has 2 saturated heterocycles. The number of carbonyl (C=O) groups is 2. The Morgan fingerprint density at radius 2 is 1.24 bits per heavy atom. The first-order valence-electron chi connectivity index (χ1n) is 13.0. The number of rotatable bonds is 15. The van der Waals surface area contributed by atoms with Crippen LogP contribution < -0.4 is 0 Å². The molecule has 2 fully saturated rings. The third kappa shape index (κ3) is 10.4. The molecule has 0 spiro atoms. The van der Waals surface area contributed by atoms with Gasteiger partial charge in [-0.3, -0.25) is 9.59 Å². The molecule has 1 unspecified atom stereocenters. The van der Waals surface area contributed by atoms with Crippen LogP contribution in [0.25, 0.3) is 0 Å². The summed E-state index contributed by atoms with van der Waals surface area (Å²) in [6, 6.07) is 0. The van der Waals surface area contributed by atoms with Crippen molar-refractivity contribution in [2.45, 2.75) is 69.8 Å². The Morgan fingerprint density at radius 3 is 1.61 bits per heavy atom. The van der Waals surface area contributed by atoms with Gasteiger partial charge in [0.2, 0.25) is 11.6 Å². The van der Waals surface area contributed by atoms with E-state index in [0.717, 1.165) is 17.9 Å². The largest absolute Gasteiger partial charge is 0.391 e. The van der Waals surface area contributed by atoms with Gasteiger partial charge in [-0.1, -0.05) is 6.92 Å². The summed E-state index contributed by atoms with van der Waals surface area (Å²) < 4.78 is 35.4. The second kappa shape index (κ2) is 16.0. The van der Waals surface area contributed by atoms with Crippen molar-refractivity contribution in [3.63, 3.8) is 0 Å². The van der Waals surface area contributed by atoms with E-state index in [9.17, 15) is 14.7 Å². The van der Waals surface area contributed by atoms with Gasteiger partial charge in [-0.2, -0.15) is 23.5 Å². The van der Waals surface area contributed by atoms with Crippen LogP contribution in [0.15, 0.2) is 0 Å². The average molecular weight is 583 g/mol. The van der Waals surface area contributed by atoms with E-state index in [-0.39, 0.29) is 44.3 Å². The molecule has 38 heavy (non-hydrogen) atoms. The molecular weight excluding hydrogens is 536 g/mol. The van der Waals surface area contributed by atoms with E-state index < -0.39 is 30.1 Å². The molecule has 0 aromatic rings. The molecule has 0 bridgehead atoms. The molecule has 222 valence electrons. The summed E-state index contributed by atoms with van der Waals surface area (Å²) in [6.07, 6.45) is -0.212. The van der Waals surface area contributed by atoms with Gasteiger partial charge in [0.15, 0.2) is 6.29 Å². The van der Waals surface area contributed by atoms with Gasteiger partial charge in [0.1, 0.15) is 12.2 Å². The Bertz CT molecular complexity index is 680. The number of amides is 2. The molecule has 1 N–H and O–H groups in total. The standard InChI is InChI=1S/C25H46N2O9S2/c1-8-10-37-16-18(28)17-38-11-9-21(35-19-12-31-24(2,32-13-19)22(29)26(4)5)36-20-14-33-25(3,34-15-20)23(30)27(6)7/h18-21,28H,8-17H2,1-7H3. The molecule has 0 aliphatic carbocycles. The molecule has 2 aliphatic heterocycles. The van der Waals surface area contributed by atoms with Crippen molar-refractivity contribution < 1.29 is 43.1 Å². The third-order valence-electron chi connectivity index (χ3n) is 5.92. The van der Waals surface area contributed by atoms with Gasteiger partial charge in [-0.25, -0.2) is 0 Å². The van der Waals surface area contributed by atoms with E-state index in [1.165, 1.54) is 9.80 Å². The van der Waals surface area contributed by atoms with Crippen LogP contribution in [0.2, 0.25) is 0 Å². The third-order valence-corrected chi connectivity index (χ3v) is 8.39. The highest BCUT2D eigenvalue weighted by molar-refractivity contribution is 8.00. The highest BCUT2D eigenvalue weighted by Crippen LogP contribution is 2.26. The average Bonchev–Trinajstić information content (AvgIpc) is 2.88. The van der Waals surface area contributed by atoms with E-state index in [4.69, 9.17) is 28.4 Å². The van der Waals surface area contributed by atoms with Gasteiger partial charge in [-0.05, 0) is 31.8 Å². The fourth-order valence-electron chi connectivity index (χ4n) is 3.81. The molecular formula is C25H46N2O9S2. The van der Waals surface area contributed by atoms with Gasteiger partial charge in [0.25, 0.3) is 11.8 Å². The number of hydrogen-bond acceptors (Lipinski definition) is 11. The molecule has 0 radical (unpaired) electrons.